The molecule has 218 valence electrons. The van der Waals surface area contributed by atoms with Gasteiger partial charge in [0, 0.05) is 35.7 Å². The molecule has 0 aromatic heterocycles. The average molecular weight is 619 g/mol. The topological polar surface area (TPSA) is 99.6 Å². The molecule has 3 unspecified atom stereocenters. The van der Waals surface area contributed by atoms with Crippen molar-refractivity contribution in [3.63, 3.8) is 0 Å². The van der Waals surface area contributed by atoms with Crippen LogP contribution in [-0.4, -0.2) is 93.6 Å². The predicted molar refractivity (Wildman–Crippen MR) is 156 cm³/mol. The molecule has 3 amide bonds. The molecule has 40 heavy (non-hydrogen) atoms. The number of carbonyl (C=O) groups excluding carboxylic acids is 3. The number of ether oxygens (including phenoxy) is 2. The second kappa shape index (κ2) is 11.7. The Morgan fingerprint density at radius 3 is 2.40 bits per heavy atom. The van der Waals surface area contributed by atoms with E-state index in [1.54, 1.807) is 46.2 Å². The Kier molecular flexibility index (Phi) is 8.82. The minimum atomic E-state index is -1.20. The molecule has 6 atom stereocenters. The standard InChI is InChI=1S/C30H40BrN3O6/c1-7-14-32(19-10-12-20(13-11-19)39-9-3)26(36)22-23-27(37)33(16-17-35)25(30(23)18-21(31)24(22)40-30)28(38)34(15-8-2)29(4,5)6/h7-8,10-13,21-25,35H,1-2,9,14-18H2,3-6H3/t21?,22-,23-,24-,25?,30?/m0/s1. The lowest BCUT2D eigenvalue weighted by atomic mass is 9.70. The molecular formula is C30H40BrN3O6. The summed E-state index contributed by atoms with van der Waals surface area (Å²) in [7, 11) is 0. The highest BCUT2D eigenvalue weighted by atomic mass is 79.9. The van der Waals surface area contributed by atoms with Crippen molar-refractivity contribution >= 4 is 39.3 Å². The maximum absolute atomic E-state index is 14.3. The monoisotopic (exact) mass is 617 g/mol. The summed E-state index contributed by atoms with van der Waals surface area (Å²) in [4.78, 5) is 47.1. The van der Waals surface area contributed by atoms with Gasteiger partial charge in [-0.05, 0) is 58.4 Å². The molecule has 9 nitrogen and oxygen atoms in total. The first-order valence-corrected chi connectivity index (χ1v) is 14.7. The van der Waals surface area contributed by atoms with Crippen molar-refractivity contribution in [3.8, 4) is 5.75 Å². The highest BCUT2D eigenvalue weighted by molar-refractivity contribution is 9.09. The van der Waals surface area contributed by atoms with Gasteiger partial charge in [-0.3, -0.25) is 14.4 Å². The van der Waals surface area contributed by atoms with E-state index in [1.807, 2.05) is 27.7 Å². The van der Waals surface area contributed by atoms with Crippen LogP contribution in [0, 0.1) is 11.8 Å². The Morgan fingerprint density at radius 2 is 1.85 bits per heavy atom. The summed E-state index contributed by atoms with van der Waals surface area (Å²) in [5.41, 5.74) is -1.11. The molecule has 0 saturated carbocycles. The minimum Gasteiger partial charge on any atom is -0.494 e. The van der Waals surface area contributed by atoms with Gasteiger partial charge in [0.2, 0.25) is 17.7 Å². The Morgan fingerprint density at radius 1 is 1.20 bits per heavy atom. The predicted octanol–water partition coefficient (Wildman–Crippen LogP) is 3.16. The number of carbonyl (C=O) groups is 3. The first kappa shape index (κ1) is 30.3. The summed E-state index contributed by atoms with van der Waals surface area (Å²) in [6, 6.07) is 6.23. The zero-order valence-electron chi connectivity index (χ0n) is 23.7. The highest BCUT2D eigenvalue weighted by Crippen LogP contribution is 2.60. The first-order chi connectivity index (χ1) is 19.0. The van der Waals surface area contributed by atoms with Crippen LogP contribution < -0.4 is 9.64 Å². The minimum absolute atomic E-state index is 0.0310. The molecule has 1 aromatic carbocycles. The molecule has 1 spiro atoms. The molecule has 10 heteroatoms. The molecule has 1 N–H and O–H groups in total. The fourth-order valence-corrected chi connectivity index (χ4v) is 7.47. The number of aliphatic hydroxyl groups excluding tert-OH is 1. The molecule has 0 aliphatic carbocycles. The Balaban J connectivity index is 1.76. The maximum Gasteiger partial charge on any atom is 0.249 e. The molecule has 3 saturated heterocycles. The smallest absolute Gasteiger partial charge is 0.249 e. The van der Waals surface area contributed by atoms with Crippen LogP contribution in [0.4, 0.5) is 5.69 Å². The average Bonchev–Trinajstić information content (AvgIpc) is 3.49. The number of hydrogen-bond acceptors (Lipinski definition) is 6. The first-order valence-electron chi connectivity index (χ1n) is 13.8. The Labute approximate surface area is 244 Å². The van der Waals surface area contributed by atoms with E-state index >= 15 is 0 Å². The van der Waals surface area contributed by atoms with E-state index in [4.69, 9.17) is 9.47 Å². The lowest BCUT2D eigenvalue weighted by Gasteiger charge is -2.42. The Bertz CT molecular complexity index is 1150. The van der Waals surface area contributed by atoms with Crippen molar-refractivity contribution in [1.82, 2.24) is 9.80 Å². The van der Waals surface area contributed by atoms with E-state index in [0.29, 0.717) is 24.5 Å². The van der Waals surface area contributed by atoms with E-state index in [9.17, 15) is 19.5 Å². The number of aliphatic hydroxyl groups is 1. The van der Waals surface area contributed by atoms with Crippen LogP contribution in [0.5, 0.6) is 5.75 Å². The van der Waals surface area contributed by atoms with Gasteiger partial charge in [0.25, 0.3) is 0 Å². The normalized spacial score (nSPS) is 28.8. The summed E-state index contributed by atoms with van der Waals surface area (Å²) in [6.07, 6.45) is 3.10. The van der Waals surface area contributed by atoms with Gasteiger partial charge in [-0.15, -0.1) is 13.2 Å². The van der Waals surface area contributed by atoms with Crippen molar-refractivity contribution in [3.05, 3.63) is 49.6 Å². The van der Waals surface area contributed by atoms with Crippen LogP contribution in [0.3, 0.4) is 0 Å². The van der Waals surface area contributed by atoms with Gasteiger partial charge < -0.3 is 29.3 Å². The molecule has 3 fully saturated rings. The van der Waals surface area contributed by atoms with Gasteiger partial charge in [0.15, 0.2) is 0 Å². The number of hydrogen-bond donors (Lipinski definition) is 1. The fraction of sp³-hybridized carbons (Fsp3) is 0.567. The summed E-state index contributed by atoms with van der Waals surface area (Å²) >= 11 is 3.72. The van der Waals surface area contributed by atoms with Crippen LogP contribution in [0.2, 0.25) is 0 Å². The number of fused-ring (bicyclic) bond motifs is 1. The zero-order valence-corrected chi connectivity index (χ0v) is 25.3. The SMILES string of the molecule is C=CCN(C(=O)[C@H]1[C@H]2C(=O)N(CCO)C(C(=O)N(CC=C)C(C)(C)C)C23CC(Br)[C@@H]1O3)c1ccc(OCC)cc1. The van der Waals surface area contributed by atoms with E-state index in [1.165, 1.54) is 4.90 Å². The summed E-state index contributed by atoms with van der Waals surface area (Å²) in [5.74, 6) is -1.88. The summed E-state index contributed by atoms with van der Waals surface area (Å²) in [5, 5.41) is 9.89. The van der Waals surface area contributed by atoms with Gasteiger partial charge in [-0.1, -0.05) is 28.1 Å². The molecule has 0 radical (unpaired) electrons. The van der Waals surface area contributed by atoms with E-state index in [-0.39, 0.29) is 48.8 Å². The van der Waals surface area contributed by atoms with Gasteiger partial charge in [-0.2, -0.15) is 0 Å². The van der Waals surface area contributed by atoms with Gasteiger partial charge in [-0.25, -0.2) is 0 Å². The highest BCUT2D eigenvalue weighted by Gasteiger charge is 2.77. The number of likely N-dealkylation sites (tertiary alicyclic amines) is 1. The number of halogens is 1. The summed E-state index contributed by atoms with van der Waals surface area (Å²) in [6.45, 7) is 16.0. The van der Waals surface area contributed by atoms with Crippen molar-refractivity contribution in [2.45, 2.75) is 62.2 Å². The molecule has 3 heterocycles. The number of rotatable bonds is 11. The largest absolute Gasteiger partial charge is 0.494 e. The molecule has 3 aliphatic rings. The van der Waals surface area contributed by atoms with Gasteiger partial charge in [0.1, 0.15) is 17.4 Å². The van der Waals surface area contributed by atoms with Crippen LogP contribution in [0.1, 0.15) is 34.1 Å². The number of β-amino-alcohol motifs (C(OH)–C–C–N with tert-alkyl or cyclic N) is 1. The van der Waals surface area contributed by atoms with Crippen molar-refractivity contribution in [2.75, 3.05) is 37.7 Å². The molecule has 3 aliphatic heterocycles. The number of benzene rings is 1. The third-order valence-corrected chi connectivity index (χ3v) is 8.92. The van der Waals surface area contributed by atoms with Crippen molar-refractivity contribution < 1.29 is 29.0 Å². The maximum atomic E-state index is 14.3. The van der Waals surface area contributed by atoms with Gasteiger partial charge in [0.05, 0.1) is 31.2 Å². The van der Waals surface area contributed by atoms with Crippen LogP contribution >= 0.6 is 15.9 Å². The second-order valence-electron chi connectivity index (χ2n) is 11.5. The van der Waals surface area contributed by atoms with Crippen LogP contribution in [-0.2, 0) is 19.1 Å². The van der Waals surface area contributed by atoms with E-state index in [0.717, 1.165) is 0 Å². The number of amides is 3. The number of nitrogens with zero attached hydrogens (tertiary/aromatic N) is 3. The van der Waals surface area contributed by atoms with Crippen molar-refractivity contribution in [1.29, 1.82) is 0 Å². The van der Waals surface area contributed by atoms with E-state index in [2.05, 4.69) is 29.1 Å². The molecule has 1 aromatic rings. The van der Waals surface area contributed by atoms with Crippen molar-refractivity contribution in [2.24, 2.45) is 11.8 Å². The van der Waals surface area contributed by atoms with Gasteiger partial charge >= 0.3 is 0 Å². The number of anilines is 1. The number of alkyl halides is 1. The second-order valence-corrected chi connectivity index (χ2v) is 12.7. The zero-order chi connectivity index (χ0) is 29.4. The molecular weight excluding hydrogens is 578 g/mol. The quantitative estimate of drug-likeness (QED) is 0.302. The van der Waals surface area contributed by atoms with E-state index < -0.39 is 35.1 Å². The Hall–Kier alpha value is -2.69. The summed E-state index contributed by atoms with van der Waals surface area (Å²) < 4.78 is 12.2. The van der Waals surface area contributed by atoms with Crippen LogP contribution in [0.25, 0.3) is 0 Å². The lowest BCUT2D eigenvalue weighted by Crippen LogP contribution is -2.60. The molecule has 4 rings (SSSR count). The lowest BCUT2D eigenvalue weighted by molar-refractivity contribution is -0.151. The third kappa shape index (κ3) is 4.99. The molecule has 2 bridgehead atoms. The van der Waals surface area contributed by atoms with Crippen LogP contribution in [0.15, 0.2) is 49.6 Å². The third-order valence-electron chi connectivity index (χ3n) is 8.07. The fourth-order valence-electron chi connectivity index (χ4n) is 6.53.